The number of methoxy groups -OCH3 is 2. The van der Waals surface area contributed by atoms with Crippen LogP contribution in [0, 0.1) is 5.82 Å². The minimum absolute atomic E-state index is 0.112. The summed E-state index contributed by atoms with van der Waals surface area (Å²) in [4.78, 5) is 22.5. The van der Waals surface area contributed by atoms with Crippen molar-refractivity contribution in [1.29, 1.82) is 0 Å². The number of hydrogen-bond acceptors (Lipinski definition) is 8. The normalized spacial score (nSPS) is 13.8. The molecule has 0 saturated carbocycles. The second-order valence-electron chi connectivity index (χ2n) is 10.2. The van der Waals surface area contributed by atoms with Crippen molar-refractivity contribution in [2.75, 3.05) is 39.2 Å². The monoisotopic (exact) mass is 626 g/mol. The number of rotatable bonds is 10. The molecule has 5 rings (SSSR count). The van der Waals surface area contributed by atoms with E-state index in [1.807, 2.05) is 0 Å². The van der Waals surface area contributed by atoms with Crippen molar-refractivity contribution in [3.05, 3.63) is 73.3 Å². The second-order valence-corrected chi connectivity index (χ2v) is 10.2. The number of alkyl halides is 3. The molecule has 0 unspecified atom stereocenters. The Kier molecular flexibility index (Phi) is 9.26. The molecule has 45 heavy (non-hydrogen) atoms. The minimum atomic E-state index is -4.61. The molecule has 0 radical (unpaired) electrons. The number of nitrogens with one attached hydrogen (secondary N) is 1. The maximum absolute atomic E-state index is 14.2. The predicted octanol–water partition coefficient (Wildman–Crippen LogP) is 6.69. The lowest BCUT2D eigenvalue weighted by atomic mass is 10.0. The Morgan fingerprint density at radius 1 is 0.978 bits per heavy atom. The molecule has 13 heteroatoms. The molecule has 0 bridgehead atoms. The van der Waals surface area contributed by atoms with Gasteiger partial charge in [0.15, 0.2) is 29.7 Å². The van der Waals surface area contributed by atoms with E-state index < -0.39 is 24.3 Å². The van der Waals surface area contributed by atoms with Crippen LogP contribution in [0.4, 0.5) is 29.1 Å². The largest absolute Gasteiger partial charge is 0.495 e. The topological polar surface area (TPSA) is 95.0 Å². The number of halogens is 4. The predicted molar refractivity (Wildman–Crippen MR) is 160 cm³/mol. The van der Waals surface area contributed by atoms with Crippen LogP contribution in [0.3, 0.4) is 0 Å². The molecule has 1 aromatic heterocycles. The maximum Gasteiger partial charge on any atom is 0.422 e. The van der Waals surface area contributed by atoms with E-state index >= 15 is 0 Å². The van der Waals surface area contributed by atoms with Crippen molar-refractivity contribution in [2.45, 2.75) is 25.1 Å². The summed E-state index contributed by atoms with van der Waals surface area (Å²) in [6.07, 6.45) is -0.808. The standard InChI is InChI=1S/C32H30F4N4O5/c1-4-30(41)40-11-9-21(10-12-40)45-29-15-22-24(16-28(29)43-3)37-18-38-31(22)39-25-13-19(6-8-26(25)42-2)20-5-7-23(33)27(14-20)44-17-32(34,35)36/h4-8,13-16,18,21H,1,9-12,17H2,2-3H3,(H,37,38,39). The van der Waals surface area contributed by atoms with E-state index in [0.717, 1.165) is 6.07 Å². The number of fused-ring (bicyclic) bond motifs is 1. The molecule has 2 heterocycles. The van der Waals surface area contributed by atoms with Gasteiger partial charge in [-0.2, -0.15) is 13.2 Å². The lowest BCUT2D eigenvalue weighted by Gasteiger charge is -2.31. The van der Waals surface area contributed by atoms with Crippen molar-refractivity contribution in [2.24, 2.45) is 0 Å². The molecule has 4 aromatic rings. The molecule has 9 nitrogen and oxygen atoms in total. The van der Waals surface area contributed by atoms with Gasteiger partial charge in [-0.1, -0.05) is 18.7 Å². The molecule has 1 saturated heterocycles. The van der Waals surface area contributed by atoms with Crippen LogP contribution in [-0.2, 0) is 4.79 Å². The van der Waals surface area contributed by atoms with Gasteiger partial charge >= 0.3 is 6.18 Å². The number of anilines is 2. The quantitative estimate of drug-likeness (QED) is 0.154. The van der Waals surface area contributed by atoms with Gasteiger partial charge in [-0.05, 0) is 47.5 Å². The van der Waals surface area contributed by atoms with E-state index in [9.17, 15) is 22.4 Å². The molecule has 236 valence electrons. The first-order valence-electron chi connectivity index (χ1n) is 13.9. The third-order valence-electron chi connectivity index (χ3n) is 7.25. The van der Waals surface area contributed by atoms with E-state index in [4.69, 9.17) is 14.2 Å². The molecule has 1 aliphatic rings. The lowest BCUT2D eigenvalue weighted by Crippen LogP contribution is -2.41. The van der Waals surface area contributed by atoms with Crippen molar-refractivity contribution < 1.29 is 41.3 Å². The Morgan fingerprint density at radius 2 is 1.69 bits per heavy atom. The van der Waals surface area contributed by atoms with Gasteiger partial charge in [0.05, 0.1) is 25.4 Å². The SMILES string of the molecule is C=CC(=O)N1CCC(Oc2cc3c(Nc4cc(-c5ccc(F)c(OCC(F)(F)F)c5)ccc4OC)ncnc3cc2OC)CC1. The van der Waals surface area contributed by atoms with Crippen LogP contribution >= 0.6 is 0 Å². The van der Waals surface area contributed by atoms with Crippen LogP contribution in [0.25, 0.3) is 22.0 Å². The van der Waals surface area contributed by atoms with Crippen molar-refractivity contribution in [3.63, 3.8) is 0 Å². The van der Waals surface area contributed by atoms with Crippen molar-refractivity contribution >= 4 is 28.3 Å². The number of nitrogens with zero attached hydrogens (tertiary/aromatic N) is 3. The average molecular weight is 627 g/mol. The van der Waals surface area contributed by atoms with Crippen LogP contribution < -0.4 is 24.3 Å². The molecular weight excluding hydrogens is 596 g/mol. The number of amides is 1. The van der Waals surface area contributed by atoms with Gasteiger partial charge in [-0.25, -0.2) is 14.4 Å². The summed E-state index contributed by atoms with van der Waals surface area (Å²) in [7, 11) is 3.02. The van der Waals surface area contributed by atoms with E-state index in [0.29, 0.717) is 76.7 Å². The molecule has 3 aromatic carbocycles. The molecule has 1 amide bonds. The van der Waals surface area contributed by atoms with Crippen LogP contribution in [0.5, 0.6) is 23.0 Å². The fourth-order valence-electron chi connectivity index (χ4n) is 4.98. The summed E-state index contributed by atoms with van der Waals surface area (Å²) >= 11 is 0. The molecule has 1 fully saturated rings. The number of piperidine rings is 1. The number of benzene rings is 3. The highest BCUT2D eigenvalue weighted by Gasteiger charge is 2.29. The number of carbonyl (C=O) groups excluding carboxylic acids is 1. The van der Waals surface area contributed by atoms with Crippen LogP contribution in [0.1, 0.15) is 12.8 Å². The first-order chi connectivity index (χ1) is 21.6. The molecule has 1 N–H and O–H groups in total. The summed E-state index contributed by atoms with van der Waals surface area (Å²) in [5, 5.41) is 3.88. The van der Waals surface area contributed by atoms with Gasteiger partial charge in [-0.3, -0.25) is 4.79 Å². The number of aromatic nitrogens is 2. The average Bonchev–Trinajstić information content (AvgIpc) is 3.04. The molecule has 0 aliphatic carbocycles. The van der Waals surface area contributed by atoms with Gasteiger partial charge in [0.1, 0.15) is 24.0 Å². The Balaban J connectivity index is 1.44. The van der Waals surface area contributed by atoms with Gasteiger partial charge in [0.25, 0.3) is 0 Å². The van der Waals surface area contributed by atoms with E-state index in [1.54, 1.807) is 35.2 Å². The van der Waals surface area contributed by atoms with Gasteiger partial charge in [0, 0.05) is 37.4 Å². The zero-order valence-electron chi connectivity index (χ0n) is 24.5. The second kappa shape index (κ2) is 13.3. The fourth-order valence-corrected chi connectivity index (χ4v) is 4.98. The van der Waals surface area contributed by atoms with Crippen LogP contribution in [-0.4, -0.2) is 67.0 Å². The van der Waals surface area contributed by atoms with E-state index in [-0.39, 0.29) is 12.0 Å². The highest BCUT2D eigenvalue weighted by molar-refractivity contribution is 5.94. The third kappa shape index (κ3) is 7.36. The number of hydrogen-bond donors (Lipinski definition) is 1. The summed E-state index contributed by atoms with van der Waals surface area (Å²) in [6.45, 7) is 3.02. The summed E-state index contributed by atoms with van der Waals surface area (Å²) < 4.78 is 74.4. The smallest absolute Gasteiger partial charge is 0.422 e. The Bertz CT molecular complexity index is 1710. The highest BCUT2D eigenvalue weighted by atomic mass is 19.4. The number of likely N-dealkylation sites (tertiary alicyclic amines) is 1. The van der Waals surface area contributed by atoms with Crippen molar-refractivity contribution in [1.82, 2.24) is 14.9 Å². The summed E-state index contributed by atoms with van der Waals surface area (Å²) in [5.41, 5.74) is 2.03. The Morgan fingerprint density at radius 3 is 2.38 bits per heavy atom. The number of carbonyl (C=O) groups is 1. The zero-order valence-corrected chi connectivity index (χ0v) is 24.5. The van der Waals surface area contributed by atoms with Crippen LogP contribution in [0.15, 0.2) is 67.5 Å². The van der Waals surface area contributed by atoms with Gasteiger partial charge in [-0.15, -0.1) is 0 Å². The molecule has 1 aliphatic heterocycles. The minimum Gasteiger partial charge on any atom is -0.495 e. The molecule has 0 atom stereocenters. The summed E-state index contributed by atoms with van der Waals surface area (Å²) in [6, 6.07) is 12.3. The van der Waals surface area contributed by atoms with Crippen LogP contribution in [0.2, 0.25) is 0 Å². The Labute approximate surface area is 256 Å². The Hall–Kier alpha value is -5.07. The third-order valence-corrected chi connectivity index (χ3v) is 7.25. The molecular formula is C32H30F4N4O5. The highest BCUT2D eigenvalue weighted by Crippen LogP contribution is 2.39. The lowest BCUT2D eigenvalue weighted by molar-refractivity contribution is -0.153. The zero-order chi connectivity index (χ0) is 32.1. The fraction of sp³-hybridized carbons (Fsp3) is 0.281. The van der Waals surface area contributed by atoms with E-state index in [1.165, 1.54) is 38.8 Å². The van der Waals surface area contributed by atoms with E-state index in [2.05, 4.69) is 26.6 Å². The van der Waals surface area contributed by atoms with Crippen molar-refractivity contribution in [3.8, 4) is 34.1 Å². The maximum atomic E-state index is 14.2. The van der Waals surface area contributed by atoms with Gasteiger partial charge in [0.2, 0.25) is 5.91 Å². The molecule has 0 spiro atoms. The summed E-state index contributed by atoms with van der Waals surface area (Å²) in [5.74, 6) is 0.294. The van der Waals surface area contributed by atoms with Gasteiger partial charge < -0.3 is 29.2 Å². The number of ether oxygens (including phenoxy) is 4. The first kappa shape index (κ1) is 31.4. The first-order valence-corrected chi connectivity index (χ1v) is 13.9.